The summed E-state index contributed by atoms with van der Waals surface area (Å²) in [7, 11) is 1.61. The topological polar surface area (TPSA) is 83.6 Å². The molecule has 7 heteroatoms. The van der Waals surface area contributed by atoms with Gasteiger partial charge >= 0.3 is 0 Å². The van der Waals surface area contributed by atoms with Gasteiger partial charge < -0.3 is 5.32 Å². The molecular weight excluding hydrogens is 238 g/mol. The number of aromatic nitrogens is 4. The zero-order chi connectivity index (χ0) is 12.4. The SMILES string of the molecule is CNC(=O)c1sc(-c2ncn[nH]2)nc1C(C)C. The van der Waals surface area contributed by atoms with E-state index < -0.39 is 0 Å². The van der Waals surface area contributed by atoms with Gasteiger partial charge in [0.15, 0.2) is 10.8 Å². The quantitative estimate of drug-likeness (QED) is 0.864. The van der Waals surface area contributed by atoms with Gasteiger partial charge in [-0.2, -0.15) is 5.10 Å². The highest BCUT2D eigenvalue weighted by atomic mass is 32.1. The van der Waals surface area contributed by atoms with Gasteiger partial charge in [-0.15, -0.1) is 11.3 Å². The van der Waals surface area contributed by atoms with Crippen molar-refractivity contribution in [2.75, 3.05) is 7.05 Å². The van der Waals surface area contributed by atoms with Crippen molar-refractivity contribution in [2.24, 2.45) is 0 Å². The van der Waals surface area contributed by atoms with Crippen LogP contribution < -0.4 is 5.32 Å². The molecule has 6 nitrogen and oxygen atoms in total. The van der Waals surface area contributed by atoms with Crippen LogP contribution in [0.3, 0.4) is 0 Å². The fourth-order valence-corrected chi connectivity index (χ4v) is 2.52. The number of nitrogens with zero attached hydrogens (tertiary/aromatic N) is 3. The predicted octanol–water partition coefficient (Wildman–Crippen LogP) is 1.41. The molecule has 2 aromatic rings. The van der Waals surface area contributed by atoms with Crippen molar-refractivity contribution in [3.63, 3.8) is 0 Å². The second kappa shape index (κ2) is 4.62. The summed E-state index contributed by atoms with van der Waals surface area (Å²) in [4.78, 5) is 20.8. The number of nitrogens with one attached hydrogen (secondary N) is 2. The molecule has 0 aliphatic rings. The Labute approximate surface area is 103 Å². The van der Waals surface area contributed by atoms with Crippen LogP contribution in [0.5, 0.6) is 0 Å². The van der Waals surface area contributed by atoms with Crippen molar-refractivity contribution >= 4 is 17.2 Å². The fraction of sp³-hybridized carbons (Fsp3) is 0.400. The van der Waals surface area contributed by atoms with Gasteiger partial charge in [0.25, 0.3) is 5.91 Å². The van der Waals surface area contributed by atoms with Gasteiger partial charge in [0.2, 0.25) is 0 Å². The molecule has 0 aromatic carbocycles. The van der Waals surface area contributed by atoms with Gasteiger partial charge in [-0.1, -0.05) is 13.8 Å². The highest BCUT2D eigenvalue weighted by Gasteiger charge is 2.20. The molecule has 0 saturated carbocycles. The van der Waals surface area contributed by atoms with Gasteiger partial charge in [0, 0.05) is 7.05 Å². The number of hydrogen-bond acceptors (Lipinski definition) is 5. The molecule has 0 aliphatic carbocycles. The lowest BCUT2D eigenvalue weighted by molar-refractivity contribution is 0.0965. The fourth-order valence-electron chi connectivity index (χ4n) is 1.41. The van der Waals surface area contributed by atoms with Crippen molar-refractivity contribution in [3.05, 3.63) is 16.9 Å². The molecule has 0 fully saturated rings. The zero-order valence-corrected chi connectivity index (χ0v) is 10.6. The van der Waals surface area contributed by atoms with E-state index in [0.29, 0.717) is 15.7 Å². The Hall–Kier alpha value is -1.76. The minimum Gasteiger partial charge on any atom is -0.354 e. The first kappa shape index (κ1) is 11.7. The maximum Gasteiger partial charge on any atom is 0.263 e. The smallest absolute Gasteiger partial charge is 0.263 e. The third-order valence-corrected chi connectivity index (χ3v) is 3.33. The summed E-state index contributed by atoms with van der Waals surface area (Å²) in [6, 6.07) is 0. The number of hydrogen-bond donors (Lipinski definition) is 2. The van der Waals surface area contributed by atoms with E-state index in [4.69, 9.17) is 0 Å². The van der Waals surface area contributed by atoms with Crippen LogP contribution in [0.15, 0.2) is 6.33 Å². The van der Waals surface area contributed by atoms with E-state index in [1.807, 2.05) is 13.8 Å². The molecule has 2 heterocycles. The van der Waals surface area contributed by atoms with Gasteiger partial charge in [0.05, 0.1) is 5.69 Å². The molecule has 2 N–H and O–H groups in total. The van der Waals surface area contributed by atoms with Crippen molar-refractivity contribution in [3.8, 4) is 10.8 Å². The number of aromatic amines is 1. The Morgan fingerprint density at radius 1 is 1.53 bits per heavy atom. The molecule has 0 atom stereocenters. The second-order valence-corrected chi connectivity index (χ2v) is 4.80. The first-order chi connectivity index (χ1) is 8.13. The van der Waals surface area contributed by atoms with Crippen LogP contribution in [-0.2, 0) is 0 Å². The monoisotopic (exact) mass is 251 g/mol. The lowest BCUT2D eigenvalue weighted by Gasteiger charge is -2.02. The van der Waals surface area contributed by atoms with Crippen LogP contribution in [-0.4, -0.2) is 33.1 Å². The normalized spacial score (nSPS) is 10.8. The lowest BCUT2D eigenvalue weighted by Crippen LogP contribution is -2.18. The van der Waals surface area contributed by atoms with Crippen LogP contribution in [0.1, 0.15) is 35.1 Å². The summed E-state index contributed by atoms with van der Waals surface area (Å²) in [5.74, 6) is 0.666. The Morgan fingerprint density at radius 3 is 2.82 bits per heavy atom. The van der Waals surface area contributed by atoms with Crippen molar-refractivity contribution < 1.29 is 4.79 Å². The van der Waals surface area contributed by atoms with Crippen LogP contribution in [0.4, 0.5) is 0 Å². The average molecular weight is 251 g/mol. The first-order valence-corrected chi connectivity index (χ1v) is 6.03. The molecule has 2 aromatic heterocycles. The van der Waals surface area contributed by atoms with Gasteiger partial charge in [-0.05, 0) is 5.92 Å². The summed E-state index contributed by atoms with van der Waals surface area (Å²) in [6.45, 7) is 4.01. The number of carbonyl (C=O) groups is 1. The third kappa shape index (κ3) is 2.19. The zero-order valence-electron chi connectivity index (χ0n) is 9.81. The first-order valence-electron chi connectivity index (χ1n) is 5.22. The van der Waals surface area contributed by atoms with Crippen molar-refractivity contribution in [2.45, 2.75) is 19.8 Å². The number of carbonyl (C=O) groups excluding carboxylic acids is 1. The summed E-state index contributed by atoms with van der Waals surface area (Å²) >= 11 is 1.32. The molecule has 0 radical (unpaired) electrons. The Kier molecular flexibility index (Phi) is 3.19. The predicted molar refractivity (Wildman–Crippen MR) is 65.0 cm³/mol. The van der Waals surface area contributed by atoms with Crippen LogP contribution >= 0.6 is 11.3 Å². The minimum absolute atomic E-state index is 0.114. The van der Waals surface area contributed by atoms with Crippen LogP contribution in [0, 0.1) is 0 Å². The Bertz CT molecular complexity index is 517. The van der Waals surface area contributed by atoms with Crippen LogP contribution in [0.25, 0.3) is 10.8 Å². The molecule has 0 unspecified atom stereocenters. The minimum atomic E-state index is -0.114. The highest BCUT2D eigenvalue weighted by Crippen LogP contribution is 2.29. The highest BCUT2D eigenvalue weighted by molar-refractivity contribution is 7.17. The van der Waals surface area contributed by atoms with E-state index >= 15 is 0 Å². The van der Waals surface area contributed by atoms with E-state index in [0.717, 1.165) is 5.69 Å². The number of rotatable bonds is 3. The summed E-state index contributed by atoms with van der Waals surface area (Å²) in [5.41, 5.74) is 0.792. The molecule has 0 spiro atoms. The molecule has 17 heavy (non-hydrogen) atoms. The third-order valence-electron chi connectivity index (χ3n) is 2.25. The molecule has 90 valence electrons. The molecular formula is C10H13N5OS. The van der Waals surface area contributed by atoms with E-state index in [-0.39, 0.29) is 11.8 Å². The maximum atomic E-state index is 11.7. The van der Waals surface area contributed by atoms with Crippen LogP contribution in [0.2, 0.25) is 0 Å². The molecule has 0 bridgehead atoms. The van der Waals surface area contributed by atoms with E-state index in [9.17, 15) is 4.79 Å². The standard InChI is InChI=1S/C10H13N5OS/c1-5(2)6-7(9(16)11-3)17-10(14-6)8-12-4-13-15-8/h4-5H,1-3H3,(H,11,16)(H,12,13,15). The number of H-pyrrole nitrogens is 1. The van der Waals surface area contributed by atoms with E-state index in [2.05, 4.69) is 25.5 Å². The lowest BCUT2D eigenvalue weighted by atomic mass is 10.1. The van der Waals surface area contributed by atoms with Gasteiger partial charge in [-0.25, -0.2) is 9.97 Å². The van der Waals surface area contributed by atoms with Gasteiger partial charge in [-0.3, -0.25) is 9.89 Å². The Balaban J connectivity index is 2.48. The summed E-state index contributed by atoms with van der Waals surface area (Å²) in [6.07, 6.45) is 1.42. The second-order valence-electron chi connectivity index (χ2n) is 3.80. The molecule has 2 rings (SSSR count). The van der Waals surface area contributed by atoms with Crippen molar-refractivity contribution in [1.29, 1.82) is 0 Å². The van der Waals surface area contributed by atoms with Crippen molar-refractivity contribution in [1.82, 2.24) is 25.5 Å². The summed E-state index contributed by atoms with van der Waals surface area (Å²) < 4.78 is 0. The molecule has 1 amide bonds. The maximum absolute atomic E-state index is 11.7. The molecule has 0 aliphatic heterocycles. The van der Waals surface area contributed by atoms with Gasteiger partial charge in [0.1, 0.15) is 11.2 Å². The largest absolute Gasteiger partial charge is 0.354 e. The summed E-state index contributed by atoms with van der Waals surface area (Å²) in [5, 5.41) is 9.83. The average Bonchev–Trinajstić information content (AvgIpc) is 2.95. The van der Waals surface area contributed by atoms with E-state index in [1.54, 1.807) is 7.05 Å². The Morgan fingerprint density at radius 2 is 2.29 bits per heavy atom. The number of thiazole rings is 1. The van der Waals surface area contributed by atoms with E-state index in [1.165, 1.54) is 17.7 Å². The number of amides is 1. The molecule has 0 saturated heterocycles.